The second-order valence-corrected chi connectivity index (χ2v) is 4.30. The third kappa shape index (κ3) is 2.94. The first kappa shape index (κ1) is 13.1. The third-order valence-corrected chi connectivity index (χ3v) is 2.95. The number of ether oxygens (including phenoxy) is 1. The van der Waals surface area contributed by atoms with Gasteiger partial charge in [-0.25, -0.2) is 4.79 Å². The van der Waals surface area contributed by atoms with Gasteiger partial charge in [-0.2, -0.15) is 0 Å². The lowest BCUT2D eigenvalue weighted by Gasteiger charge is -2.08. The Balaban J connectivity index is 2.44. The Bertz CT molecular complexity index is 603. The Morgan fingerprint density at radius 2 is 1.89 bits per heavy atom. The van der Waals surface area contributed by atoms with Gasteiger partial charge in [0.15, 0.2) is 0 Å². The fourth-order valence-corrected chi connectivity index (χ4v) is 1.96. The minimum Gasteiger partial charge on any atom is -0.494 e. The lowest BCUT2D eigenvalue weighted by molar-refractivity contribution is 0.0696. The van der Waals surface area contributed by atoms with Gasteiger partial charge in [0.1, 0.15) is 5.75 Å². The highest BCUT2D eigenvalue weighted by atomic mass is 16.5. The molecule has 0 saturated carbocycles. The van der Waals surface area contributed by atoms with E-state index in [-0.39, 0.29) is 0 Å². The highest BCUT2D eigenvalue weighted by Gasteiger charge is 2.09. The van der Waals surface area contributed by atoms with Crippen molar-refractivity contribution in [2.24, 2.45) is 0 Å². The highest BCUT2D eigenvalue weighted by Crippen LogP contribution is 2.26. The Morgan fingerprint density at radius 1 is 1.16 bits per heavy atom. The standard InChI is InChI=1S/C16H16O3/c1-3-19-14-6-4-5-12(9-14)13-8-7-11(2)15(10-13)16(17)18/h4-10H,3H2,1-2H3,(H,17,18). The predicted molar refractivity (Wildman–Crippen MR) is 74.7 cm³/mol. The number of aromatic carboxylic acids is 1. The second kappa shape index (κ2) is 5.57. The van der Waals surface area contributed by atoms with E-state index in [1.54, 1.807) is 13.0 Å². The number of carboxylic acids is 1. The van der Waals surface area contributed by atoms with Gasteiger partial charge in [0.2, 0.25) is 0 Å². The van der Waals surface area contributed by atoms with Crippen molar-refractivity contribution in [3.05, 3.63) is 53.6 Å². The molecule has 0 bridgehead atoms. The van der Waals surface area contributed by atoms with Gasteiger partial charge in [0, 0.05) is 0 Å². The van der Waals surface area contributed by atoms with Crippen LogP contribution in [0.4, 0.5) is 0 Å². The smallest absolute Gasteiger partial charge is 0.335 e. The maximum absolute atomic E-state index is 11.2. The molecule has 19 heavy (non-hydrogen) atoms. The van der Waals surface area contributed by atoms with Crippen molar-refractivity contribution in [2.75, 3.05) is 6.61 Å². The van der Waals surface area contributed by atoms with Gasteiger partial charge in [-0.15, -0.1) is 0 Å². The van der Waals surface area contributed by atoms with Crippen LogP contribution in [0.25, 0.3) is 11.1 Å². The average Bonchev–Trinajstić information content (AvgIpc) is 2.39. The summed E-state index contributed by atoms with van der Waals surface area (Å²) in [6.45, 7) is 4.34. The molecule has 3 nitrogen and oxygen atoms in total. The van der Waals surface area contributed by atoms with Gasteiger partial charge < -0.3 is 9.84 Å². The molecule has 98 valence electrons. The lowest BCUT2D eigenvalue weighted by Crippen LogP contribution is -1.99. The van der Waals surface area contributed by atoms with Crippen molar-refractivity contribution in [2.45, 2.75) is 13.8 Å². The number of carbonyl (C=O) groups is 1. The van der Waals surface area contributed by atoms with Gasteiger partial charge in [0.05, 0.1) is 12.2 Å². The summed E-state index contributed by atoms with van der Waals surface area (Å²) in [5.41, 5.74) is 2.93. The van der Waals surface area contributed by atoms with Crippen molar-refractivity contribution in [1.82, 2.24) is 0 Å². The zero-order chi connectivity index (χ0) is 13.8. The van der Waals surface area contributed by atoms with Gasteiger partial charge in [-0.05, 0) is 48.7 Å². The van der Waals surface area contributed by atoms with Crippen molar-refractivity contribution < 1.29 is 14.6 Å². The molecule has 2 aromatic rings. The van der Waals surface area contributed by atoms with E-state index in [0.29, 0.717) is 12.2 Å². The van der Waals surface area contributed by atoms with Crippen LogP contribution >= 0.6 is 0 Å². The molecule has 0 unspecified atom stereocenters. The molecule has 0 fully saturated rings. The Morgan fingerprint density at radius 3 is 2.58 bits per heavy atom. The van der Waals surface area contributed by atoms with Crippen molar-refractivity contribution in [3.63, 3.8) is 0 Å². The summed E-state index contributed by atoms with van der Waals surface area (Å²) in [5, 5.41) is 9.15. The molecule has 0 radical (unpaired) electrons. The lowest BCUT2D eigenvalue weighted by atomic mass is 10.00. The molecule has 0 aliphatic rings. The predicted octanol–water partition coefficient (Wildman–Crippen LogP) is 3.76. The molecule has 0 heterocycles. The maximum Gasteiger partial charge on any atom is 0.335 e. The quantitative estimate of drug-likeness (QED) is 0.906. The second-order valence-electron chi connectivity index (χ2n) is 4.30. The van der Waals surface area contributed by atoms with E-state index in [9.17, 15) is 4.79 Å². The summed E-state index contributed by atoms with van der Waals surface area (Å²) >= 11 is 0. The summed E-state index contributed by atoms with van der Waals surface area (Å²) in [4.78, 5) is 11.2. The average molecular weight is 256 g/mol. The molecular formula is C16H16O3. The molecule has 2 aromatic carbocycles. The van der Waals surface area contributed by atoms with Crippen LogP contribution in [0.1, 0.15) is 22.8 Å². The number of hydrogen-bond donors (Lipinski definition) is 1. The molecule has 2 rings (SSSR count). The van der Waals surface area contributed by atoms with Crippen LogP contribution in [0.3, 0.4) is 0 Å². The van der Waals surface area contributed by atoms with Crippen molar-refractivity contribution in [1.29, 1.82) is 0 Å². The summed E-state index contributed by atoms with van der Waals surface area (Å²) in [6, 6.07) is 13.1. The molecule has 0 saturated heterocycles. The van der Waals surface area contributed by atoms with E-state index >= 15 is 0 Å². The van der Waals surface area contributed by atoms with Crippen molar-refractivity contribution >= 4 is 5.97 Å². The van der Waals surface area contributed by atoms with Crippen LogP contribution in [0, 0.1) is 6.92 Å². The van der Waals surface area contributed by atoms with E-state index in [4.69, 9.17) is 9.84 Å². The Kier molecular flexibility index (Phi) is 3.85. The number of benzene rings is 2. The molecular weight excluding hydrogens is 240 g/mol. The molecule has 0 aromatic heterocycles. The molecule has 3 heteroatoms. The molecule has 0 aliphatic heterocycles. The number of hydrogen-bond acceptors (Lipinski definition) is 2. The fourth-order valence-electron chi connectivity index (χ4n) is 1.96. The summed E-state index contributed by atoms with van der Waals surface area (Å²) in [7, 11) is 0. The fraction of sp³-hybridized carbons (Fsp3) is 0.188. The Hall–Kier alpha value is -2.29. The summed E-state index contributed by atoms with van der Waals surface area (Å²) in [6.07, 6.45) is 0. The Labute approximate surface area is 112 Å². The first-order valence-electron chi connectivity index (χ1n) is 6.19. The largest absolute Gasteiger partial charge is 0.494 e. The number of rotatable bonds is 4. The number of aryl methyl sites for hydroxylation is 1. The minimum absolute atomic E-state index is 0.333. The molecule has 0 atom stereocenters. The molecule has 0 spiro atoms. The topological polar surface area (TPSA) is 46.5 Å². The van der Waals surface area contributed by atoms with Crippen LogP contribution in [0.15, 0.2) is 42.5 Å². The van der Waals surface area contributed by atoms with Crippen LogP contribution in [-0.2, 0) is 0 Å². The molecule has 0 amide bonds. The third-order valence-electron chi connectivity index (χ3n) is 2.95. The zero-order valence-corrected chi connectivity index (χ0v) is 11.0. The van der Waals surface area contributed by atoms with Crippen LogP contribution in [0.5, 0.6) is 5.75 Å². The van der Waals surface area contributed by atoms with E-state index in [0.717, 1.165) is 22.4 Å². The first-order valence-corrected chi connectivity index (χ1v) is 6.19. The monoisotopic (exact) mass is 256 g/mol. The molecule has 1 N–H and O–H groups in total. The highest BCUT2D eigenvalue weighted by molar-refractivity contribution is 5.91. The van der Waals surface area contributed by atoms with Gasteiger partial charge in [-0.1, -0.05) is 24.3 Å². The normalized spacial score (nSPS) is 10.2. The van der Waals surface area contributed by atoms with Crippen LogP contribution < -0.4 is 4.74 Å². The number of carboxylic acid groups (broad SMARTS) is 1. The SMILES string of the molecule is CCOc1cccc(-c2ccc(C)c(C(=O)O)c2)c1. The zero-order valence-electron chi connectivity index (χ0n) is 11.0. The maximum atomic E-state index is 11.2. The van der Waals surface area contributed by atoms with E-state index in [1.807, 2.05) is 43.3 Å². The minimum atomic E-state index is -0.902. The van der Waals surface area contributed by atoms with Gasteiger partial charge in [0.25, 0.3) is 0 Å². The van der Waals surface area contributed by atoms with E-state index in [2.05, 4.69) is 0 Å². The summed E-state index contributed by atoms with van der Waals surface area (Å²) in [5.74, 6) is -0.113. The van der Waals surface area contributed by atoms with Gasteiger partial charge >= 0.3 is 5.97 Å². The molecule has 0 aliphatic carbocycles. The summed E-state index contributed by atoms with van der Waals surface area (Å²) < 4.78 is 5.45. The van der Waals surface area contributed by atoms with E-state index in [1.165, 1.54) is 0 Å². The van der Waals surface area contributed by atoms with Crippen LogP contribution in [-0.4, -0.2) is 17.7 Å². The first-order chi connectivity index (χ1) is 9.11. The van der Waals surface area contributed by atoms with Crippen molar-refractivity contribution in [3.8, 4) is 16.9 Å². The van der Waals surface area contributed by atoms with E-state index < -0.39 is 5.97 Å². The van der Waals surface area contributed by atoms with Crippen LogP contribution in [0.2, 0.25) is 0 Å². The van der Waals surface area contributed by atoms with Gasteiger partial charge in [-0.3, -0.25) is 0 Å².